The lowest BCUT2D eigenvalue weighted by molar-refractivity contribution is 0.272. The molecule has 154 valence electrons. The molecule has 2 rings (SSSR count). The Hall–Kier alpha value is -1.70. The Morgan fingerprint density at radius 2 is 1.82 bits per heavy atom. The summed E-state index contributed by atoms with van der Waals surface area (Å²) >= 11 is 1.76. The molecular weight excluding hydrogens is 394 g/mol. The van der Waals surface area contributed by atoms with Gasteiger partial charge in [0.25, 0.3) is 0 Å². The van der Waals surface area contributed by atoms with Gasteiger partial charge in [0, 0.05) is 18.3 Å². The fraction of sp³-hybridized carbons (Fsp3) is 0.429. The van der Waals surface area contributed by atoms with Gasteiger partial charge in [0.2, 0.25) is 0 Å². The van der Waals surface area contributed by atoms with Crippen LogP contribution in [0.2, 0.25) is 0 Å². The number of benzene rings is 2. The third-order valence-corrected chi connectivity index (χ3v) is 5.87. The second kappa shape index (κ2) is 12.0. The van der Waals surface area contributed by atoms with E-state index in [1.54, 1.807) is 17.8 Å². The van der Waals surface area contributed by atoms with E-state index in [1.807, 2.05) is 50.2 Å². The van der Waals surface area contributed by atoms with Crippen molar-refractivity contribution in [3.63, 3.8) is 0 Å². The Labute approximate surface area is 173 Å². The zero-order chi connectivity index (χ0) is 20.4. The highest BCUT2D eigenvalue weighted by Gasteiger charge is 2.11. The molecule has 0 heterocycles. The Kier molecular flexibility index (Phi) is 9.67. The molecule has 0 saturated carbocycles. The third kappa shape index (κ3) is 7.04. The van der Waals surface area contributed by atoms with E-state index in [2.05, 4.69) is 11.6 Å². The van der Waals surface area contributed by atoms with E-state index in [0.29, 0.717) is 24.7 Å². The van der Waals surface area contributed by atoms with Gasteiger partial charge in [-0.15, -0.1) is 0 Å². The van der Waals surface area contributed by atoms with Crippen LogP contribution in [-0.2, 0) is 17.1 Å². The van der Waals surface area contributed by atoms with Crippen molar-refractivity contribution in [3.05, 3.63) is 53.6 Å². The first kappa shape index (κ1) is 22.6. The Morgan fingerprint density at radius 3 is 2.46 bits per heavy atom. The summed E-state index contributed by atoms with van der Waals surface area (Å²) in [5.41, 5.74) is 1.81. The van der Waals surface area contributed by atoms with Crippen LogP contribution in [0.4, 0.5) is 0 Å². The summed E-state index contributed by atoms with van der Waals surface area (Å²) in [6.07, 6.45) is 2.84. The summed E-state index contributed by atoms with van der Waals surface area (Å²) in [7, 11) is -2.57. The summed E-state index contributed by atoms with van der Waals surface area (Å²) in [5, 5.41) is 3.52. The van der Waals surface area contributed by atoms with Crippen molar-refractivity contribution in [3.8, 4) is 11.5 Å². The van der Waals surface area contributed by atoms with Crippen LogP contribution in [0, 0.1) is 6.92 Å². The third-order valence-electron chi connectivity index (χ3n) is 4.26. The van der Waals surface area contributed by atoms with E-state index >= 15 is 0 Å². The van der Waals surface area contributed by atoms with Gasteiger partial charge in [0.05, 0.1) is 11.5 Å². The van der Waals surface area contributed by atoms with Crippen LogP contribution in [0.5, 0.6) is 11.5 Å². The summed E-state index contributed by atoms with van der Waals surface area (Å²) in [6, 6.07) is 13.6. The summed E-state index contributed by atoms with van der Waals surface area (Å²) < 4.78 is 34.2. The van der Waals surface area contributed by atoms with Gasteiger partial charge in [-0.05, 0) is 55.9 Å². The van der Waals surface area contributed by atoms with Gasteiger partial charge in [-0.1, -0.05) is 24.3 Å². The summed E-state index contributed by atoms with van der Waals surface area (Å²) in [6.45, 7) is 5.59. The largest absolute Gasteiger partial charge is 0.490 e. The average Bonchev–Trinajstić information content (AvgIpc) is 2.68. The lowest BCUT2D eigenvalue weighted by atomic mass is 10.1. The van der Waals surface area contributed by atoms with E-state index in [9.17, 15) is 8.42 Å². The number of para-hydroxylation sites is 2. The molecule has 0 bridgehead atoms. The van der Waals surface area contributed by atoms with Gasteiger partial charge in [-0.25, -0.2) is 8.42 Å². The molecule has 7 heteroatoms. The van der Waals surface area contributed by atoms with Crippen molar-refractivity contribution in [2.75, 3.05) is 31.8 Å². The van der Waals surface area contributed by atoms with Crippen LogP contribution < -0.4 is 14.8 Å². The van der Waals surface area contributed by atoms with Gasteiger partial charge in [0.15, 0.2) is 22.2 Å². The van der Waals surface area contributed by atoms with Gasteiger partial charge in [-0.3, -0.25) is 0 Å². The molecule has 2 aromatic carbocycles. The average molecular weight is 424 g/mol. The monoisotopic (exact) mass is 423 g/mol. The van der Waals surface area contributed by atoms with Crippen LogP contribution in [0.3, 0.4) is 0 Å². The number of hydrogen-bond donors (Lipinski definition) is 2. The topological polar surface area (TPSA) is 64.6 Å². The van der Waals surface area contributed by atoms with Crippen LogP contribution in [0.15, 0.2) is 47.4 Å². The van der Waals surface area contributed by atoms with E-state index in [-0.39, 0.29) is 6.04 Å². The zero-order valence-electron chi connectivity index (χ0n) is 16.6. The molecule has 0 aromatic heterocycles. The quantitative estimate of drug-likeness (QED) is 0.403. The number of ether oxygens (including phenoxy) is 2. The van der Waals surface area contributed by atoms with E-state index < -0.39 is 10.7 Å². The molecule has 0 fully saturated rings. The van der Waals surface area contributed by atoms with E-state index in [4.69, 9.17) is 9.47 Å². The number of thiol groups is 1. The molecule has 0 radical (unpaired) electrons. The van der Waals surface area contributed by atoms with E-state index in [0.717, 1.165) is 34.8 Å². The maximum atomic E-state index is 11.4. The summed E-state index contributed by atoms with van der Waals surface area (Å²) in [5.74, 6) is 2.43. The second-order valence-electron chi connectivity index (χ2n) is 6.42. The number of rotatable bonds is 12. The molecular formula is C21H29NO4S2. The molecule has 5 nitrogen and oxygen atoms in total. The molecule has 0 amide bonds. The highest BCUT2D eigenvalue weighted by atomic mass is 32.2. The zero-order valence-corrected chi connectivity index (χ0v) is 18.4. The Balaban J connectivity index is 1.90. The Morgan fingerprint density at radius 1 is 1.11 bits per heavy atom. The standard InChI is InChI=1S/C21H29NO4S2/c1-4-25-19-7-5-6-8-20(19)26-12-11-22-18(15-27-3)13-17-10-9-16(2)21(14-17)28(23)24/h5-10,14,18,22,28H,4,11-13,15H2,1-3H3/t18-/m0/s1. The van der Waals surface area contributed by atoms with Gasteiger partial charge in [-0.2, -0.15) is 11.8 Å². The number of nitrogens with one attached hydrogen (secondary N) is 1. The normalized spacial score (nSPS) is 12.1. The first-order chi connectivity index (χ1) is 13.5. The molecule has 0 aliphatic carbocycles. The number of aryl methyl sites for hydroxylation is 1. The molecule has 1 atom stereocenters. The van der Waals surface area contributed by atoms with Crippen molar-refractivity contribution in [1.82, 2.24) is 5.32 Å². The predicted molar refractivity (Wildman–Crippen MR) is 117 cm³/mol. The van der Waals surface area contributed by atoms with Crippen LogP contribution in [0.25, 0.3) is 0 Å². The van der Waals surface area contributed by atoms with Crippen LogP contribution >= 0.6 is 11.8 Å². The van der Waals surface area contributed by atoms with Crippen molar-refractivity contribution in [2.45, 2.75) is 31.2 Å². The van der Waals surface area contributed by atoms with Gasteiger partial charge >= 0.3 is 0 Å². The minimum Gasteiger partial charge on any atom is -0.490 e. The number of thioether (sulfide) groups is 1. The van der Waals surface area contributed by atoms with Crippen molar-refractivity contribution < 1.29 is 17.9 Å². The molecule has 0 unspecified atom stereocenters. The van der Waals surface area contributed by atoms with Crippen LogP contribution in [-0.4, -0.2) is 46.2 Å². The second-order valence-corrected chi connectivity index (χ2v) is 8.32. The minimum absolute atomic E-state index is 0.237. The van der Waals surface area contributed by atoms with Crippen molar-refractivity contribution in [2.24, 2.45) is 0 Å². The summed E-state index contributed by atoms with van der Waals surface area (Å²) in [4.78, 5) is 0.409. The molecule has 0 spiro atoms. The molecule has 28 heavy (non-hydrogen) atoms. The van der Waals surface area contributed by atoms with Crippen molar-refractivity contribution in [1.29, 1.82) is 0 Å². The molecule has 0 aliphatic rings. The minimum atomic E-state index is -2.57. The van der Waals surface area contributed by atoms with Gasteiger partial charge < -0.3 is 14.8 Å². The first-order valence-electron chi connectivity index (χ1n) is 9.36. The highest BCUT2D eigenvalue weighted by molar-refractivity contribution is 7.98. The van der Waals surface area contributed by atoms with E-state index in [1.165, 1.54) is 0 Å². The lowest BCUT2D eigenvalue weighted by Gasteiger charge is -2.19. The smallest absolute Gasteiger partial charge is 0.168 e. The molecule has 0 saturated heterocycles. The maximum absolute atomic E-state index is 11.4. The van der Waals surface area contributed by atoms with Crippen LogP contribution in [0.1, 0.15) is 18.1 Å². The molecule has 1 N–H and O–H groups in total. The lowest BCUT2D eigenvalue weighted by Crippen LogP contribution is -2.36. The van der Waals surface area contributed by atoms with Crippen molar-refractivity contribution >= 4 is 22.5 Å². The van der Waals surface area contributed by atoms with Gasteiger partial charge in [0.1, 0.15) is 6.61 Å². The molecule has 2 aromatic rings. The fourth-order valence-electron chi connectivity index (χ4n) is 2.92. The fourth-order valence-corrected chi connectivity index (χ4v) is 4.19. The highest BCUT2D eigenvalue weighted by Crippen LogP contribution is 2.26. The molecule has 0 aliphatic heterocycles. The predicted octanol–water partition coefficient (Wildman–Crippen LogP) is 3.31. The SMILES string of the molecule is CCOc1ccccc1OCCN[C@H](CSC)Cc1ccc(C)c([SH](=O)=O)c1. The Bertz CT molecular complexity index is 816. The first-order valence-corrected chi connectivity index (χ1v) is 11.9. The maximum Gasteiger partial charge on any atom is 0.168 e. The number of hydrogen-bond acceptors (Lipinski definition) is 6.